The molecule has 1 saturated heterocycles. The van der Waals surface area contributed by atoms with Gasteiger partial charge in [-0.3, -0.25) is 0 Å². The van der Waals surface area contributed by atoms with Gasteiger partial charge in [-0.05, 0) is 55.6 Å². The Morgan fingerprint density at radius 3 is 2.29 bits per heavy atom. The lowest BCUT2D eigenvalue weighted by Crippen LogP contribution is -2.55. The lowest BCUT2D eigenvalue weighted by Gasteiger charge is -2.41. The highest BCUT2D eigenvalue weighted by Gasteiger charge is 2.24. The second kappa shape index (κ2) is 9.50. The Balaban J connectivity index is 1.37. The summed E-state index contributed by atoms with van der Waals surface area (Å²) in [5.74, 6) is 0. The molecule has 8 nitrogen and oxygen atoms in total. The van der Waals surface area contributed by atoms with Gasteiger partial charge in [0, 0.05) is 59.8 Å². The summed E-state index contributed by atoms with van der Waals surface area (Å²) in [6.07, 6.45) is 5.64. The van der Waals surface area contributed by atoms with Crippen LogP contribution in [0.3, 0.4) is 0 Å². The van der Waals surface area contributed by atoms with E-state index in [2.05, 4.69) is 58.2 Å². The summed E-state index contributed by atoms with van der Waals surface area (Å²) in [7, 11) is -2.18. The summed E-state index contributed by atoms with van der Waals surface area (Å²) in [5, 5.41) is 9.57. The molecule has 3 heterocycles. The second-order valence-electron chi connectivity index (χ2n) is 9.84. The quantitative estimate of drug-likeness (QED) is 0.355. The van der Waals surface area contributed by atoms with E-state index in [0.717, 1.165) is 40.7 Å². The first-order chi connectivity index (χ1) is 18.4. The standard InChI is InChI=1S/C29H30N6O2S/c1-19-14-31-15-20(2)35(19)23-10-8-21(9-11-23)22-16-32-29-27(17-33-34(29)18-22)25-12-13-28(38(36,37)30-3)26-7-5-4-6-24(25)26/h4-13,16-20,30-31H,14-15H2,1-3H3/t19-,20+. The third kappa shape index (κ3) is 4.13. The van der Waals surface area contributed by atoms with E-state index >= 15 is 0 Å². The zero-order chi connectivity index (χ0) is 26.4. The zero-order valence-corrected chi connectivity index (χ0v) is 22.4. The van der Waals surface area contributed by atoms with Gasteiger partial charge in [-0.2, -0.15) is 5.10 Å². The molecule has 1 fully saturated rings. The van der Waals surface area contributed by atoms with Crippen molar-refractivity contribution in [2.45, 2.75) is 30.8 Å². The van der Waals surface area contributed by atoms with E-state index in [1.54, 1.807) is 16.8 Å². The van der Waals surface area contributed by atoms with Crippen LogP contribution in [0.4, 0.5) is 5.69 Å². The summed E-state index contributed by atoms with van der Waals surface area (Å²) in [6.45, 7) is 6.47. The Labute approximate surface area is 222 Å². The van der Waals surface area contributed by atoms with Crippen LogP contribution in [-0.4, -0.2) is 55.2 Å². The summed E-state index contributed by atoms with van der Waals surface area (Å²) >= 11 is 0. The van der Waals surface area contributed by atoms with Gasteiger partial charge in [0.25, 0.3) is 0 Å². The molecule has 9 heteroatoms. The molecule has 2 aromatic heterocycles. The number of aromatic nitrogens is 3. The maximum absolute atomic E-state index is 12.6. The number of benzene rings is 3. The van der Waals surface area contributed by atoms with Crippen molar-refractivity contribution in [1.29, 1.82) is 0 Å². The lowest BCUT2D eigenvalue weighted by molar-refractivity contribution is 0.432. The van der Waals surface area contributed by atoms with Crippen LogP contribution >= 0.6 is 0 Å². The molecular weight excluding hydrogens is 496 g/mol. The molecule has 0 amide bonds. The molecule has 0 radical (unpaired) electrons. The van der Waals surface area contributed by atoms with E-state index in [0.29, 0.717) is 23.1 Å². The fourth-order valence-corrected chi connectivity index (χ4v) is 6.47. The van der Waals surface area contributed by atoms with E-state index < -0.39 is 10.0 Å². The van der Waals surface area contributed by atoms with Crippen molar-refractivity contribution in [2.24, 2.45) is 0 Å². The van der Waals surface area contributed by atoms with E-state index in [-0.39, 0.29) is 4.90 Å². The Kier molecular flexibility index (Phi) is 6.14. The average Bonchev–Trinajstić information content (AvgIpc) is 3.36. The van der Waals surface area contributed by atoms with Crippen LogP contribution in [0, 0.1) is 0 Å². The fourth-order valence-electron chi connectivity index (χ4n) is 5.53. The highest BCUT2D eigenvalue weighted by molar-refractivity contribution is 7.89. The number of fused-ring (bicyclic) bond motifs is 2. The predicted octanol–water partition coefficient (Wildman–Crippen LogP) is 4.31. The molecule has 0 aliphatic carbocycles. The summed E-state index contributed by atoms with van der Waals surface area (Å²) in [6, 6.07) is 20.5. The molecule has 2 atom stereocenters. The number of sulfonamides is 1. The van der Waals surface area contributed by atoms with Crippen molar-refractivity contribution in [3.05, 3.63) is 79.3 Å². The third-order valence-corrected chi connectivity index (χ3v) is 8.89. The topological polar surface area (TPSA) is 91.6 Å². The minimum absolute atomic E-state index is 0.249. The van der Waals surface area contributed by atoms with Crippen LogP contribution in [0.1, 0.15) is 13.8 Å². The molecule has 0 spiro atoms. The van der Waals surface area contributed by atoms with Gasteiger partial charge < -0.3 is 10.2 Å². The molecule has 38 heavy (non-hydrogen) atoms. The highest BCUT2D eigenvalue weighted by Crippen LogP contribution is 2.35. The van der Waals surface area contributed by atoms with Crippen molar-refractivity contribution >= 4 is 32.1 Å². The third-order valence-electron chi connectivity index (χ3n) is 7.42. The zero-order valence-electron chi connectivity index (χ0n) is 21.6. The maximum Gasteiger partial charge on any atom is 0.240 e. The molecule has 2 N–H and O–H groups in total. The second-order valence-corrected chi connectivity index (χ2v) is 11.7. The van der Waals surface area contributed by atoms with E-state index in [9.17, 15) is 8.42 Å². The van der Waals surface area contributed by atoms with Crippen LogP contribution in [0.2, 0.25) is 0 Å². The van der Waals surface area contributed by atoms with Gasteiger partial charge >= 0.3 is 0 Å². The molecular formula is C29H30N6O2S. The van der Waals surface area contributed by atoms with Gasteiger partial charge in [-0.15, -0.1) is 0 Å². The van der Waals surface area contributed by atoms with Crippen LogP contribution < -0.4 is 14.9 Å². The molecule has 3 aromatic carbocycles. The van der Waals surface area contributed by atoms with Crippen LogP contribution in [0.25, 0.3) is 38.7 Å². The number of anilines is 1. The van der Waals surface area contributed by atoms with Crippen molar-refractivity contribution in [3.8, 4) is 22.3 Å². The van der Waals surface area contributed by atoms with Gasteiger partial charge in [-0.1, -0.05) is 42.5 Å². The Morgan fingerprint density at radius 2 is 1.58 bits per heavy atom. The molecule has 5 aromatic rings. The van der Waals surface area contributed by atoms with E-state index in [1.807, 2.05) is 42.7 Å². The monoisotopic (exact) mass is 526 g/mol. The van der Waals surface area contributed by atoms with Crippen molar-refractivity contribution in [3.63, 3.8) is 0 Å². The van der Waals surface area contributed by atoms with Gasteiger partial charge in [-0.25, -0.2) is 22.6 Å². The van der Waals surface area contributed by atoms with Crippen molar-refractivity contribution < 1.29 is 8.42 Å². The first-order valence-electron chi connectivity index (χ1n) is 12.8. The molecule has 194 valence electrons. The normalized spacial score (nSPS) is 18.3. The van der Waals surface area contributed by atoms with Gasteiger partial charge in [0.05, 0.1) is 11.1 Å². The molecule has 6 rings (SSSR count). The summed E-state index contributed by atoms with van der Waals surface area (Å²) < 4.78 is 29.4. The minimum atomic E-state index is -3.60. The average molecular weight is 527 g/mol. The molecule has 0 bridgehead atoms. The molecule has 1 aliphatic heterocycles. The van der Waals surface area contributed by atoms with Gasteiger partial charge in [0.2, 0.25) is 10.0 Å². The van der Waals surface area contributed by atoms with Gasteiger partial charge in [0.1, 0.15) is 0 Å². The number of nitrogens with zero attached hydrogens (tertiary/aromatic N) is 4. The predicted molar refractivity (Wildman–Crippen MR) is 152 cm³/mol. The smallest absolute Gasteiger partial charge is 0.240 e. The molecule has 1 aliphatic rings. The fraction of sp³-hybridized carbons (Fsp3) is 0.241. The van der Waals surface area contributed by atoms with Crippen LogP contribution in [0.5, 0.6) is 0 Å². The summed E-state index contributed by atoms with van der Waals surface area (Å²) in [4.78, 5) is 7.50. The van der Waals surface area contributed by atoms with Gasteiger partial charge in [0.15, 0.2) is 5.65 Å². The van der Waals surface area contributed by atoms with Crippen molar-refractivity contribution in [2.75, 3.05) is 25.0 Å². The Morgan fingerprint density at radius 1 is 0.868 bits per heavy atom. The Bertz CT molecular complexity index is 1740. The van der Waals surface area contributed by atoms with Crippen molar-refractivity contribution in [1.82, 2.24) is 24.6 Å². The van der Waals surface area contributed by atoms with Crippen LogP contribution in [-0.2, 0) is 10.0 Å². The largest absolute Gasteiger partial charge is 0.364 e. The number of piperazine rings is 1. The number of rotatable bonds is 5. The first kappa shape index (κ1) is 24.5. The van der Waals surface area contributed by atoms with E-state index in [1.165, 1.54) is 12.7 Å². The van der Waals surface area contributed by atoms with E-state index in [4.69, 9.17) is 4.98 Å². The molecule has 0 unspecified atom stereocenters. The first-order valence-corrected chi connectivity index (χ1v) is 14.2. The molecule has 0 saturated carbocycles. The maximum atomic E-state index is 12.6. The number of hydrogen-bond acceptors (Lipinski definition) is 6. The number of hydrogen-bond donors (Lipinski definition) is 2. The minimum Gasteiger partial charge on any atom is -0.364 e. The van der Waals surface area contributed by atoms with Crippen LogP contribution in [0.15, 0.2) is 84.1 Å². The Hall–Kier alpha value is -3.79. The highest BCUT2D eigenvalue weighted by atomic mass is 32.2. The lowest BCUT2D eigenvalue weighted by atomic mass is 10.00. The summed E-state index contributed by atoms with van der Waals surface area (Å²) in [5.41, 5.74) is 5.71. The number of nitrogens with one attached hydrogen (secondary N) is 2. The SMILES string of the molecule is CNS(=O)(=O)c1ccc(-c2cnn3cc(-c4ccc(N5[C@H](C)CNC[C@@H]5C)cc4)cnc23)c2ccccc12.